The number of aromatic nitrogens is 1. The Balaban J connectivity index is 1.56. The number of aliphatic imine (C=N–C) groups is 1. The third-order valence-corrected chi connectivity index (χ3v) is 6.37. The molecule has 1 amide bonds. The number of carbonyl (C=O) groups is 1. The lowest BCUT2D eigenvalue weighted by Crippen LogP contribution is -2.52. The monoisotopic (exact) mass is 497 g/mol. The van der Waals surface area contributed by atoms with Gasteiger partial charge in [0.15, 0.2) is 11.4 Å². The van der Waals surface area contributed by atoms with Crippen molar-refractivity contribution in [2.45, 2.75) is 25.6 Å². The zero-order valence-electron chi connectivity index (χ0n) is 20.4. The first-order chi connectivity index (χ1) is 17.9. The number of nitrogens with one attached hydrogen (secondary N) is 2. The van der Waals surface area contributed by atoms with Crippen molar-refractivity contribution < 1.29 is 9.90 Å². The number of nitrogens with zero attached hydrogens (tertiary/aromatic N) is 6. The predicted molar refractivity (Wildman–Crippen MR) is 143 cm³/mol. The summed E-state index contributed by atoms with van der Waals surface area (Å²) in [5.41, 5.74) is 5.77. The molecule has 2 aliphatic rings. The Bertz CT molecular complexity index is 1450. The molecule has 0 fully saturated rings. The molecule has 5 rings (SSSR count). The van der Waals surface area contributed by atoms with Crippen LogP contribution in [0.4, 0.5) is 11.4 Å². The van der Waals surface area contributed by atoms with Gasteiger partial charge in [-0.1, -0.05) is 24.3 Å². The van der Waals surface area contributed by atoms with Gasteiger partial charge in [-0.05, 0) is 43.5 Å². The molecular formula is C26H27N9O2. The number of phenols is 1. The number of carbonyl (C=O) groups excluding carboxylic acids is 1. The summed E-state index contributed by atoms with van der Waals surface area (Å²) < 4.78 is 0. The van der Waals surface area contributed by atoms with E-state index < -0.39 is 11.6 Å². The number of rotatable bonds is 5. The van der Waals surface area contributed by atoms with Gasteiger partial charge in [0.2, 0.25) is 5.96 Å². The van der Waals surface area contributed by atoms with Crippen LogP contribution in [0.3, 0.4) is 0 Å². The number of phenolic OH excluding ortho intramolecular Hbond substituents is 1. The van der Waals surface area contributed by atoms with E-state index in [1.165, 1.54) is 6.20 Å². The number of benzene rings is 2. The Labute approximate surface area is 213 Å². The molecule has 3 aromatic rings. The summed E-state index contributed by atoms with van der Waals surface area (Å²) in [6.45, 7) is 4.09. The molecule has 1 aromatic heterocycles. The van der Waals surface area contributed by atoms with Crippen LogP contribution in [0.1, 0.15) is 24.2 Å². The fourth-order valence-electron chi connectivity index (χ4n) is 4.26. The first-order valence-corrected chi connectivity index (χ1v) is 11.8. The number of guanidine groups is 1. The standard InChI is InChI=1S/C26H27N9O2/c1-16-9-11-29-25(31-16)35-26(2,18(13-27)14-30-35)34-33-22-20-8-4-3-6-17(20)12-21(23(22)36)24(37)32-19-7-5-10-28-15-19/h3-12,14-16,18,36H,13,27H2,1-2H3,(H,29,31)(H,32,37). The van der Waals surface area contributed by atoms with Gasteiger partial charge in [-0.3, -0.25) is 9.78 Å². The average Bonchev–Trinajstić information content (AvgIpc) is 3.24. The van der Waals surface area contributed by atoms with Crippen LogP contribution in [0.2, 0.25) is 0 Å². The quantitative estimate of drug-likeness (QED) is 0.394. The fourth-order valence-corrected chi connectivity index (χ4v) is 4.26. The Kier molecular flexibility index (Phi) is 6.36. The number of hydrazone groups is 1. The first kappa shape index (κ1) is 24.1. The molecule has 188 valence electrons. The molecule has 0 saturated carbocycles. The van der Waals surface area contributed by atoms with Crippen LogP contribution >= 0.6 is 0 Å². The van der Waals surface area contributed by atoms with Gasteiger partial charge in [0.05, 0.1) is 29.4 Å². The number of fused-ring (bicyclic) bond motifs is 1. The molecule has 0 bridgehead atoms. The maximum atomic E-state index is 13.1. The minimum Gasteiger partial charge on any atom is -0.505 e. The van der Waals surface area contributed by atoms with E-state index in [1.54, 1.807) is 41.8 Å². The van der Waals surface area contributed by atoms with Crippen molar-refractivity contribution >= 4 is 40.2 Å². The summed E-state index contributed by atoms with van der Waals surface area (Å²) >= 11 is 0. The molecule has 3 atom stereocenters. The minimum atomic E-state index is -1.02. The van der Waals surface area contributed by atoms with Crippen LogP contribution in [0.25, 0.3) is 10.8 Å². The van der Waals surface area contributed by atoms with E-state index in [9.17, 15) is 9.90 Å². The van der Waals surface area contributed by atoms with Gasteiger partial charge in [0.1, 0.15) is 5.69 Å². The van der Waals surface area contributed by atoms with Gasteiger partial charge in [-0.25, -0.2) is 10.0 Å². The van der Waals surface area contributed by atoms with E-state index in [0.29, 0.717) is 17.0 Å². The molecule has 11 heteroatoms. The van der Waals surface area contributed by atoms with Gasteiger partial charge >= 0.3 is 0 Å². The first-order valence-electron chi connectivity index (χ1n) is 11.8. The molecule has 0 saturated heterocycles. The molecule has 3 unspecified atom stereocenters. The lowest BCUT2D eigenvalue weighted by atomic mass is 9.97. The highest BCUT2D eigenvalue weighted by molar-refractivity contribution is 6.11. The van der Waals surface area contributed by atoms with Gasteiger partial charge in [0, 0.05) is 30.5 Å². The van der Waals surface area contributed by atoms with Crippen molar-refractivity contribution in [1.82, 2.24) is 15.3 Å². The van der Waals surface area contributed by atoms with E-state index in [4.69, 9.17) is 5.73 Å². The van der Waals surface area contributed by atoms with E-state index in [1.807, 2.05) is 44.2 Å². The van der Waals surface area contributed by atoms with E-state index >= 15 is 0 Å². The van der Waals surface area contributed by atoms with Gasteiger partial charge in [0.25, 0.3) is 5.91 Å². The topological polar surface area (TPSA) is 153 Å². The van der Waals surface area contributed by atoms with Crippen LogP contribution < -0.4 is 16.4 Å². The highest BCUT2D eigenvalue weighted by Gasteiger charge is 2.46. The van der Waals surface area contributed by atoms with Crippen LogP contribution in [-0.2, 0) is 0 Å². The lowest BCUT2D eigenvalue weighted by molar-refractivity contribution is 0.102. The van der Waals surface area contributed by atoms with Crippen molar-refractivity contribution in [3.05, 3.63) is 72.7 Å². The summed E-state index contributed by atoms with van der Waals surface area (Å²) in [4.78, 5) is 21.7. The summed E-state index contributed by atoms with van der Waals surface area (Å²) in [5, 5.41) is 33.8. The van der Waals surface area contributed by atoms with E-state index in [-0.39, 0.29) is 35.5 Å². The van der Waals surface area contributed by atoms with Crippen LogP contribution in [0.15, 0.2) is 87.5 Å². The molecule has 3 heterocycles. The van der Waals surface area contributed by atoms with Crippen molar-refractivity contribution in [3.63, 3.8) is 0 Å². The largest absolute Gasteiger partial charge is 0.505 e. The second kappa shape index (κ2) is 9.78. The number of nitrogens with two attached hydrogens (primary N) is 1. The smallest absolute Gasteiger partial charge is 0.259 e. The van der Waals surface area contributed by atoms with Crippen molar-refractivity contribution in [2.75, 3.05) is 11.9 Å². The molecule has 2 aromatic carbocycles. The number of pyridine rings is 1. The zero-order chi connectivity index (χ0) is 26.0. The SMILES string of the molecule is CC1C=CNC(N2N=CC(CN)C2(C)N=Nc2c(O)c(C(=O)Nc3cccnc3)cc3ccccc23)=N1. The van der Waals surface area contributed by atoms with Gasteiger partial charge in [-0.15, -0.1) is 5.11 Å². The highest BCUT2D eigenvalue weighted by atomic mass is 16.3. The average molecular weight is 498 g/mol. The van der Waals surface area contributed by atoms with E-state index in [0.717, 1.165) is 5.39 Å². The number of hydrogen-bond acceptors (Lipinski definition) is 10. The Morgan fingerprint density at radius 2 is 2.14 bits per heavy atom. The van der Waals surface area contributed by atoms with E-state index in [2.05, 4.69) is 35.9 Å². The molecule has 0 radical (unpaired) electrons. The summed E-state index contributed by atoms with van der Waals surface area (Å²) in [6.07, 6.45) is 8.59. The third kappa shape index (κ3) is 4.52. The molecule has 0 spiro atoms. The second-order valence-corrected chi connectivity index (χ2v) is 8.95. The summed E-state index contributed by atoms with van der Waals surface area (Å²) in [6, 6.07) is 12.4. The molecule has 5 N–H and O–H groups in total. The maximum absolute atomic E-state index is 13.1. The molecule has 11 nitrogen and oxygen atoms in total. The maximum Gasteiger partial charge on any atom is 0.259 e. The molecule has 2 aliphatic heterocycles. The minimum absolute atomic E-state index is 0.0347. The fraction of sp³-hybridized carbons (Fsp3) is 0.231. The predicted octanol–water partition coefficient (Wildman–Crippen LogP) is 3.73. The normalized spacial score (nSPS) is 22.9. The second-order valence-electron chi connectivity index (χ2n) is 8.95. The van der Waals surface area contributed by atoms with Crippen molar-refractivity contribution in [2.24, 2.45) is 32.0 Å². The van der Waals surface area contributed by atoms with Crippen LogP contribution in [-0.4, -0.2) is 51.4 Å². The number of amides is 1. The third-order valence-electron chi connectivity index (χ3n) is 6.37. The van der Waals surface area contributed by atoms with Crippen LogP contribution in [0, 0.1) is 5.92 Å². The Morgan fingerprint density at radius 1 is 1.30 bits per heavy atom. The van der Waals surface area contributed by atoms with Crippen molar-refractivity contribution in [1.29, 1.82) is 0 Å². The van der Waals surface area contributed by atoms with Crippen LogP contribution in [0.5, 0.6) is 5.75 Å². The number of anilines is 1. The Morgan fingerprint density at radius 3 is 2.89 bits per heavy atom. The highest BCUT2D eigenvalue weighted by Crippen LogP contribution is 2.41. The lowest BCUT2D eigenvalue weighted by Gasteiger charge is -2.34. The van der Waals surface area contributed by atoms with Gasteiger partial charge < -0.3 is 21.5 Å². The number of azo groups is 1. The number of aromatic hydroxyl groups is 1. The summed E-state index contributed by atoms with van der Waals surface area (Å²) in [7, 11) is 0. The number of hydrogen-bond donors (Lipinski definition) is 4. The molecular weight excluding hydrogens is 470 g/mol. The molecule has 0 aliphatic carbocycles. The van der Waals surface area contributed by atoms with Gasteiger partial charge in [-0.2, -0.15) is 10.2 Å². The molecule has 37 heavy (non-hydrogen) atoms. The summed E-state index contributed by atoms with van der Waals surface area (Å²) in [5.74, 6) is -0.534. The zero-order valence-corrected chi connectivity index (χ0v) is 20.4. The van der Waals surface area contributed by atoms with Crippen molar-refractivity contribution in [3.8, 4) is 5.75 Å². The Hall–Kier alpha value is -4.64.